The summed E-state index contributed by atoms with van der Waals surface area (Å²) in [5, 5.41) is 8.73. The minimum atomic E-state index is -0.939. The molecule has 6 heteroatoms. The Balaban J connectivity index is 0.00000324. The van der Waals surface area contributed by atoms with Crippen molar-refractivity contribution in [3.05, 3.63) is 35.4 Å². The summed E-state index contributed by atoms with van der Waals surface area (Å²) in [4.78, 5) is 32.7. The summed E-state index contributed by atoms with van der Waals surface area (Å²) in [5.74, 6) is -1.82. The summed E-state index contributed by atoms with van der Waals surface area (Å²) in [5.41, 5.74) is 5.12. The lowest BCUT2D eigenvalue weighted by Crippen LogP contribution is -3.00. The lowest BCUT2D eigenvalue weighted by atomic mass is 10.0. The summed E-state index contributed by atoms with van der Waals surface area (Å²) in [6, 6.07) is 6.28. The predicted octanol–water partition coefficient (Wildman–Crippen LogP) is -3.37. The first-order valence-corrected chi connectivity index (χ1v) is 5.57. The average Bonchev–Trinajstić information content (AvgIpc) is 2.31. The first-order chi connectivity index (χ1) is 8.40. The molecule has 1 atom stereocenters. The molecule has 0 fully saturated rings. The van der Waals surface area contributed by atoms with Crippen molar-refractivity contribution in [2.24, 2.45) is 0 Å². The second-order valence-electron chi connectivity index (χ2n) is 4.21. The topological polar surface area (TPSA) is 99.1 Å². The number of benzene rings is 1. The van der Waals surface area contributed by atoms with E-state index in [0.29, 0.717) is 6.42 Å². The monoisotopic (exact) mass is 285 g/mol. The Bertz CT molecular complexity index is 470. The number of carbonyl (C=O) groups is 3. The van der Waals surface area contributed by atoms with Gasteiger partial charge in [-0.15, -0.1) is 0 Å². The van der Waals surface area contributed by atoms with Gasteiger partial charge in [-0.1, -0.05) is 24.3 Å². The standard InChI is InChI=1S/C13H15NO4.ClH/c1-8(15)12(16)7-10-4-2-9(3-5-10)6-11(14)13(17)18;/h2-5,11H,6-7,14H2,1H3,(H,17,18);1H. The zero-order chi connectivity index (χ0) is 13.7. The second-order valence-corrected chi connectivity index (χ2v) is 4.21. The lowest BCUT2D eigenvalue weighted by molar-refractivity contribution is -0.407. The molecule has 104 valence electrons. The van der Waals surface area contributed by atoms with Crippen LogP contribution in [0, 0.1) is 0 Å². The van der Waals surface area contributed by atoms with Crippen molar-refractivity contribution >= 4 is 17.5 Å². The van der Waals surface area contributed by atoms with Gasteiger partial charge in [0, 0.05) is 19.8 Å². The van der Waals surface area contributed by atoms with Gasteiger partial charge in [-0.05, 0) is 11.1 Å². The predicted molar refractivity (Wildman–Crippen MR) is 63.8 cm³/mol. The molecule has 5 nitrogen and oxygen atoms in total. The molecule has 0 bridgehead atoms. The molecule has 1 aromatic rings. The van der Waals surface area contributed by atoms with E-state index >= 15 is 0 Å². The summed E-state index contributed by atoms with van der Waals surface area (Å²) in [6.07, 6.45) is 0.429. The van der Waals surface area contributed by atoms with E-state index in [4.69, 9.17) is 5.11 Å². The molecule has 0 saturated carbocycles. The molecule has 4 N–H and O–H groups in total. The van der Waals surface area contributed by atoms with Crippen LogP contribution >= 0.6 is 0 Å². The van der Waals surface area contributed by atoms with Crippen LogP contribution in [-0.4, -0.2) is 28.7 Å². The fourth-order valence-electron chi connectivity index (χ4n) is 1.47. The van der Waals surface area contributed by atoms with Gasteiger partial charge >= 0.3 is 5.97 Å². The molecule has 0 amide bonds. The Hall–Kier alpha value is -1.72. The molecule has 0 aliphatic carbocycles. The summed E-state index contributed by atoms with van der Waals surface area (Å²) in [7, 11) is 0. The number of hydrogen-bond donors (Lipinski definition) is 2. The van der Waals surface area contributed by atoms with E-state index in [2.05, 4.69) is 5.73 Å². The van der Waals surface area contributed by atoms with Gasteiger partial charge in [0.15, 0.2) is 11.8 Å². The molecule has 1 rings (SSSR count). The first kappa shape index (κ1) is 17.3. The maximum Gasteiger partial charge on any atom is 0.362 e. The van der Waals surface area contributed by atoms with Crippen LogP contribution < -0.4 is 18.1 Å². The maximum absolute atomic E-state index is 11.2. The molecule has 0 aliphatic rings. The van der Waals surface area contributed by atoms with Crippen LogP contribution in [0.15, 0.2) is 24.3 Å². The highest BCUT2D eigenvalue weighted by atomic mass is 35.5. The van der Waals surface area contributed by atoms with E-state index in [1.54, 1.807) is 24.3 Å². The van der Waals surface area contributed by atoms with Gasteiger partial charge in [-0.25, -0.2) is 4.79 Å². The molecule has 1 unspecified atom stereocenters. The fourth-order valence-corrected chi connectivity index (χ4v) is 1.47. The SMILES string of the molecule is CC(=O)C(=O)Cc1ccc(CC([NH3+])C(=O)O)cc1.[Cl-]. The second kappa shape index (κ2) is 7.66. The largest absolute Gasteiger partial charge is 1.00 e. The minimum absolute atomic E-state index is 0. The number of ketones is 2. The van der Waals surface area contributed by atoms with E-state index in [9.17, 15) is 14.4 Å². The molecule has 0 heterocycles. The zero-order valence-corrected chi connectivity index (χ0v) is 11.3. The molecule has 19 heavy (non-hydrogen) atoms. The highest BCUT2D eigenvalue weighted by Gasteiger charge is 2.16. The normalized spacial score (nSPS) is 11.3. The number of carboxylic acids is 1. The third kappa shape index (κ3) is 5.63. The van der Waals surface area contributed by atoms with Gasteiger partial charge in [0.05, 0.1) is 0 Å². The van der Waals surface area contributed by atoms with Gasteiger partial charge in [-0.3, -0.25) is 9.59 Å². The number of aliphatic carboxylic acids is 1. The molecule has 0 aliphatic heterocycles. The Kier molecular flexibility index (Phi) is 6.96. The van der Waals surface area contributed by atoms with E-state index < -0.39 is 23.6 Å². The van der Waals surface area contributed by atoms with Crippen molar-refractivity contribution in [2.75, 3.05) is 0 Å². The summed E-state index contributed by atoms with van der Waals surface area (Å²) < 4.78 is 0. The average molecular weight is 286 g/mol. The number of halogens is 1. The molecule has 1 aromatic carbocycles. The number of quaternary nitrogens is 1. The molecule has 0 aromatic heterocycles. The van der Waals surface area contributed by atoms with Gasteiger partial charge in [0.2, 0.25) is 5.78 Å². The van der Waals surface area contributed by atoms with Crippen molar-refractivity contribution < 1.29 is 37.6 Å². The maximum atomic E-state index is 11.2. The van der Waals surface area contributed by atoms with Crippen molar-refractivity contribution in [3.8, 4) is 0 Å². The van der Waals surface area contributed by atoms with Crippen LogP contribution in [0.3, 0.4) is 0 Å². The summed E-state index contributed by atoms with van der Waals surface area (Å²) in [6.45, 7) is 1.25. The zero-order valence-electron chi connectivity index (χ0n) is 10.6. The van der Waals surface area contributed by atoms with Crippen LogP contribution in [0.4, 0.5) is 0 Å². The minimum Gasteiger partial charge on any atom is -1.00 e. The number of carbonyl (C=O) groups excluding carboxylic acids is 2. The van der Waals surface area contributed by atoms with Gasteiger partial charge in [-0.2, -0.15) is 0 Å². The smallest absolute Gasteiger partial charge is 0.362 e. The number of carboxylic acid groups (broad SMARTS) is 1. The molecule has 0 spiro atoms. The molecule has 0 radical (unpaired) electrons. The van der Waals surface area contributed by atoms with E-state index in [1.807, 2.05) is 0 Å². The molecular weight excluding hydrogens is 270 g/mol. The third-order valence-corrected chi connectivity index (χ3v) is 2.61. The highest BCUT2D eigenvalue weighted by Crippen LogP contribution is 2.07. The van der Waals surface area contributed by atoms with E-state index in [1.165, 1.54) is 6.92 Å². The van der Waals surface area contributed by atoms with Gasteiger partial charge in [0.25, 0.3) is 0 Å². The summed E-state index contributed by atoms with van der Waals surface area (Å²) >= 11 is 0. The molecule has 0 saturated heterocycles. The van der Waals surface area contributed by atoms with E-state index in [-0.39, 0.29) is 18.8 Å². The van der Waals surface area contributed by atoms with Crippen molar-refractivity contribution in [3.63, 3.8) is 0 Å². The Morgan fingerprint density at radius 1 is 1.16 bits per heavy atom. The van der Waals surface area contributed by atoms with Crippen LogP contribution in [0.1, 0.15) is 18.1 Å². The number of rotatable bonds is 6. The lowest BCUT2D eigenvalue weighted by Gasteiger charge is -2.05. The van der Waals surface area contributed by atoms with Crippen LogP contribution in [0.2, 0.25) is 0 Å². The molecular formula is C13H16ClNO4. The Labute approximate surface area is 117 Å². The number of hydrogen-bond acceptors (Lipinski definition) is 3. The van der Waals surface area contributed by atoms with Gasteiger partial charge < -0.3 is 23.2 Å². The fraction of sp³-hybridized carbons (Fsp3) is 0.308. The number of Topliss-reactive ketones (excluding diaryl/α,β-unsaturated/α-hetero) is 2. The van der Waals surface area contributed by atoms with Gasteiger partial charge in [0.1, 0.15) is 0 Å². The van der Waals surface area contributed by atoms with Crippen LogP contribution in [-0.2, 0) is 27.2 Å². The van der Waals surface area contributed by atoms with Crippen LogP contribution in [0.25, 0.3) is 0 Å². The van der Waals surface area contributed by atoms with Crippen molar-refractivity contribution in [1.29, 1.82) is 0 Å². The van der Waals surface area contributed by atoms with Crippen molar-refractivity contribution in [2.45, 2.75) is 25.8 Å². The third-order valence-electron chi connectivity index (χ3n) is 2.61. The van der Waals surface area contributed by atoms with E-state index in [0.717, 1.165) is 11.1 Å². The van der Waals surface area contributed by atoms with Crippen LogP contribution in [0.5, 0.6) is 0 Å². The Morgan fingerprint density at radius 2 is 1.63 bits per heavy atom. The van der Waals surface area contributed by atoms with Crippen molar-refractivity contribution in [1.82, 2.24) is 0 Å². The Morgan fingerprint density at radius 3 is 2.05 bits per heavy atom. The highest BCUT2D eigenvalue weighted by molar-refractivity contribution is 6.36. The quantitative estimate of drug-likeness (QED) is 0.533. The first-order valence-electron chi connectivity index (χ1n) is 5.57.